The van der Waals surface area contributed by atoms with Gasteiger partial charge in [0.1, 0.15) is 5.75 Å². The molecule has 3 fully saturated rings. The molecule has 4 rings (SSSR count). The zero-order valence-corrected chi connectivity index (χ0v) is 15.1. The summed E-state index contributed by atoms with van der Waals surface area (Å²) in [6.07, 6.45) is 3.92. The van der Waals surface area contributed by atoms with Crippen LogP contribution in [0, 0.1) is 5.92 Å². The van der Waals surface area contributed by atoms with E-state index in [1.807, 2.05) is 12.1 Å². The van der Waals surface area contributed by atoms with E-state index < -0.39 is 0 Å². The minimum absolute atomic E-state index is 0.710. The maximum absolute atomic E-state index is 6.24. The first-order chi connectivity index (χ1) is 11.8. The van der Waals surface area contributed by atoms with E-state index in [-0.39, 0.29) is 0 Å². The molecule has 1 aromatic rings. The van der Waals surface area contributed by atoms with Crippen LogP contribution in [-0.4, -0.2) is 61.7 Å². The molecule has 0 bridgehead atoms. The molecule has 24 heavy (non-hydrogen) atoms. The molecule has 2 saturated heterocycles. The van der Waals surface area contributed by atoms with Crippen LogP contribution in [0.25, 0.3) is 0 Å². The largest absolute Gasteiger partial charge is 0.493 e. The highest BCUT2D eigenvalue weighted by atomic mass is 35.5. The van der Waals surface area contributed by atoms with Gasteiger partial charge in [-0.05, 0) is 43.4 Å². The molecule has 1 N–H and O–H groups in total. The molecule has 1 aromatic carbocycles. The molecule has 2 heterocycles. The van der Waals surface area contributed by atoms with Crippen LogP contribution in [-0.2, 0) is 6.54 Å². The quantitative estimate of drug-likeness (QED) is 0.854. The predicted octanol–water partition coefficient (Wildman–Crippen LogP) is 2.61. The van der Waals surface area contributed by atoms with Crippen LogP contribution >= 0.6 is 11.6 Å². The van der Waals surface area contributed by atoms with Crippen molar-refractivity contribution in [1.82, 2.24) is 15.1 Å². The van der Waals surface area contributed by atoms with Gasteiger partial charge in [-0.2, -0.15) is 0 Å². The van der Waals surface area contributed by atoms with Gasteiger partial charge in [-0.3, -0.25) is 9.80 Å². The molecule has 1 atom stereocenters. The molecule has 1 unspecified atom stereocenters. The van der Waals surface area contributed by atoms with Crippen LogP contribution in [0.4, 0.5) is 0 Å². The number of hydrogen-bond acceptors (Lipinski definition) is 4. The summed E-state index contributed by atoms with van der Waals surface area (Å²) in [6, 6.07) is 6.79. The molecule has 2 aliphatic heterocycles. The number of nitrogens with zero attached hydrogens (tertiary/aromatic N) is 2. The highest BCUT2D eigenvalue weighted by Crippen LogP contribution is 2.32. The normalized spacial score (nSPS) is 26.0. The number of piperazine rings is 1. The molecule has 132 valence electrons. The summed E-state index contributed by atoms with van der Waals surface area (Å²) in [5.74, 6) is 1.80. The SMILES string of the molecule is Clc1ccc(OCC2CC2)c(CN2CCC(N3CCNCC3)C2)c1. The lowest BCUT2D eigenvalue weighted by Crippen LogP contribution is -2.49. The molecule has 0 spiro atoms. The summed E-state index contributed by atoms with van der Waals surface area (Å²) in [6.45, 7) is 8.77. The molecule has 0 radical (unpaired) electrons. The Hall–Kier alpha value is -0.810. The second kappa shape index (κ2) is 7.61. The van der Waals surface area contributed by atoms with Crippen LogP contribution in [0.1, 0.15) is 24.8 Å². The highest BCUT2D eigenvalue weighted by Gasteiger charge is 2.29. The van der Waals surface area contributed by atoms with Gasteiger partial charge >= 0.3 is 0 Å². The molecular formula is C19H28ClN3O. The number of rotatable bonds is 6. The Bertz CT molecular complexity index is 558. The average Bonchev–Trinajstić information content (AvgIpc) is 3.32. The summed E-state index contributed by atoms with van der Waals surface area (Å²) in [7, 11) is 0. The standard InChI is InChI=1S/C19H28ClN3O/c20-17-3-4-19(24-14-15-1-2-15)16(11-17)12-22-8-5-18(13-22)23-9-6-21-7-10-23/h3-4,11,15,18,21H,1-2,5-10,12-14H2. The summed E-state index contributed by atoms with van der Waals surface area (Å²) >= 11 is 6.24. The molecule has 0 aromatic heterocycles. The first-order valence-electron chi connectivity index (χ1n) is 9.36. The van der Waals surface area contributed by atoms with Crippen molar-refractivity contribution in [2.24, 2.45) is 5.92 Å². The third kappa shape index (κ3) is 4.23. The van der Waals surface area contributed by atoms with Crippen molar-refractivity contribution in [3.8, 4) is 5.75 Å². The number of ether oxygens (including phenoxy) is 1. The minimum atomic E-state index is 0.710. The molecule has 0 amide bonds. The van der Waals surface area contributed by atoms with Gasteiger partial charge in [0.05, 0.1) is 6.61 Å². The van der Waals surface area contributed by atoms with Crippen molar-refractivity contribution in [3.05, 3.63) is 28.8 Å². The first kappa shape index (κ1) is 16.6. The first-order valence-corrected chi connectivity index (χ1v) is 9.74. The van der Waals surface area contributed by atoms with Crippen LogP contribution < -0.4 is 10.1 Å². The molecule has 1 aliphatic carbocycles. The maximum atomic E-state index is 6.24. The number of hydrogen-bond donors (Lipinski definition) is 1. The lowest BCUT2D eigenvalue weighted by molar-refractivity contribution is 0.170. The van der Waals surface area contributed by atoms with E-state index in [1.165, 1.54) is 44.5 Å². The second-order valence-electron chi connectivity index (χ2n) is 7.47. The third-order valence-corrected chi connectivity index (χ3v) is 5.74. The monoisotopic (exact) mass is 349 g/mol. The Morgan fingerprint density at radius 1 is 1.12 bits per heavy atom. The molecule has 4 nitrogen and oxygen atoms in total. The number of nitrogens with one attached hydrogen (secondary N) is 1. The topological polar surface area (TPSA) is 27.7 Å². The summed E-state index contributed by atoms with van der Waals surface area (Å²) in [5.41, 5.74) is 1.24. The fourth-order valence-corrected chi connectivity index (χ4v) is 4.04. The van der Waals surface area contributed by atoms with E-state index in [9.17, 15) is 0 Å². The number of likely N-dealkylation sites (tertiary alicyclic amines) is 1. The van der Waals surface area contributed by atoms with E-state index in [2.05, 4.69) is 21.2 Å². The van der Waals surface area contributed by atoms with Gasteiger partial charge < -0.3 is 10.1 Å². The van der Waals surface area contributed by atoms with E-state index in [0.29, 0.717) is 6.04 Å². The number of halogens is 1. The van der Waals surface area contributed by atoms with E-state index in [4.69, 9.17) is 16.3 Å². The summed E-state index contributed by atoms with van der Waals surface area (Å²) < 4.78 is 6.07. The van der Waals surface area contributed by atoms with Crippen LogP contribution in [0.5, 0.6) is 5.75 Å². The lowest BCUT2D eigenvalue weighted by Gasteiger charge is -2.32. The second-order valence-corrected chi connectivity index (χ2v) is 7.91. The average molecular weight is 350 g/mol. The maximum Gasteiger partial charge on any atom is 0.123 e. The molecule has 1 saturated carbocycles. The summed E-state index contributed by atoms with van der Waals surface area (Å²) in [5, 5.41) is 4.25. The Morgan fingerprint density at radius 2 is 1.96 bits per heavy atom. The predicted molar refractivity (Wildman–Crippen MR) is 97.8 cm³/mol. The van der Waals surface area contributed by atoms with Crippen LogP contribution in [0.15, 0.2) is 18.2 Å². The smallest absolute Gasteiger partial charge is 0.123 e. The zero-order chi connectivity index (χ0) is 16.4. The van der Waals surface area contributed by atoms with Crippen molar-refractivity contribution in [2.45, 2.75) is 31.8 Å². The van der Waals surface area contributed by atoms with E-state index in [1.54, 1.807) is 0 Å². The fraction of sp³-hybridized carbons (Fsp3) is 0.684. The Kier molecular flexibility index (Phi) is 5.28. The lowest BCUT2D eigenvalue weighted by atomic mass is 10.2. The number of benzene rings is 1. The summed E-state index contributed by atoms with van der Waals surface area (Å²) in [4.78, 5) is 5.21. The van der Waals surface area contributed by atoms with E-state index >= 15 is 0 Å². The van der Waals surface area contributed by atoms with Gasteiger partial charge in [0.25, 0.3) is 0 Å². The van der Waals surface area contributed by atoms with Gasteiger partial charge in [0, 0.05) is 62.4 Å². The molecule has 5 heteroatoms. The van der Waals surface area contributed by atoms with Crippen molar-refractivity contribution in [3.63, 3.8) is 0 Å². The van der Waals surface area contributed by atoms with E-state index in [0.717, 1.165) is 49.5 Å². The van der Waals surface area contributed by atoms with Crippen LogP contribution in [0.2, 0.25) is 5.02 Å². The third-order valence-electron chi connectivity index (χ3n) is 5.50. The fourth-order valence-electron chi connectivity index (χ4n) is 3.85. The van der Waals surface area contributed by atoms with Gasteiger partial charge in [-0.25, -0.2) is 0 Å². The van der Waals surface area contributed by atoms with Gasteiger partial charge in [-0.1, -0.05) is 11.6 Å². The molecule has 3 aliphatic rings. The van der Waals surface area contributed by atoms with Crippen molar-refractivity contribution >= 4 is 11.6 Å². The van der Waals surface area contributed by atoms with Crippen molar-refractivity contribution in [1.29, 1.82) is 0 Å². The molecular weight excluding hydrogens is 322 g/mol. The Labute approximate surface area is 150 Å². The highest BCUT2D eigenvalue weighted by molar-refractivity contribution is 6.30. The van der Waals surface area contributed by atoms with Crippen LogP contribution in [0.3, 0.4) is 0 Å². The minimum Gasteiger partial charge on any atom is -0.493 e. The van der Waals surface area contributed by atoms with Gasteiger partial charge in [0.15, 0.2) is 0 Å². The Balaban J connectivity index is 1.36. The Morgan fingerprint density at radius 3 is 2.75 bits per heavy atom. The van der Waals surface area contributed by atoms with Gasteiger partial charge in [0.2, 0.25) is 0 Å². The van der Waals surface area contributed by atoms with Gasteiger partial charge in [-0.15, -0.1) is 0 Å². The zero-order valence-electron chi connectivity index (χ0n) is 14.3. The van der Waals surface area contributed by atoms with Crippen molar-refractivity contribution in [2.75, 3.05) is 45.9 Å². The van der Waals surface area contributed by atoms with Crippen molar-refractivity contribution < 1.29 is 4.74 Å².